The second-order valence-electron chi connectivity index (χ2n) is 6.17. The Labute approximate surface area is 137 Å². The molecule has 1 aliphatic rings. The van der Waals surface area contributed by atoms with E-state index in [1.165, 1.54) is 5.56 Å². The molecule has 0 amide bonds. The van der Waals surface area contributed by atoms with Crippen LogP contribution in [0.25, 0.3) is 0 Å². The molecule has 1 aliphatic heterocycles. The molecule has 3 atom stereocenters. The van der Waals surface area contributed by atoms with Crippen molar-refractivity contribution in [1.82, 2.24) is 14.9 Å². The monoisotopic (exact) mass is 315 g/mol. The molecule has 5 nitrogen and oxygen atoms in total. The maximum absolute atomic E-state index is 5.92. The molecule has 1 fully saturated rings. The van der Waals surface area contributed by atoms with Crippen LogP contribution in [-0.2, 0) is 18.2 Å². The topological polar surface area (TPSA) is 48.3 Å². The minimum Gasteiger partial charge on any atom is -0.496 e. The van der Waals surface area contributed by atoms with Crippen LogP contribution in [0.2, 0.25) is 0 Å². The predicted molar refractivity (Wildman–Crippen MR) is 89.6 cm³/mol. The van der Waals surface area contributed by atoms with E-state index in [0.717, 1.165) is 31.0 Å². The van der Waals surface area contributed by atoms with Crippen LogP contribution in [0, 0.1) is 0 Å². The summed E-state index contributed by atoms with van der Waals surface area (Å²) in [6.45, 7) is 2.98. The first-order chi connectivity index (χ1) is 11.2. The molecule has 0 bridgehead atoms. The summed E-state index contributed by atoms with van der Waals surface area (Å²) in [5.74, 6) is 1.94. The van der Waals surface area contributed by atoms with E-state index in [0.29, 0.717) is 12.1 Å². The molecule has 2 aromatic rings. The van der Waals surface area contributed by atoms with Crippen LogP contribution in [0.5, 0.6) is 5.75 Å². The molecule has 0 radical (unpaired) electrons. The van der Waals surface area contributed by atoms with Gasteiger partial charge in [-0.3, -0.25) is 0 Å². The molecule has 3 rings (SSSR count). The lowest BCUT2D eigenvalue weighted by Gasteiger charge is -2.24. The minimum atomic E-state index is 0.0233. The van der Waals surface area contributed by atoms with E-state index in [1.54, 1.807) is 7.11 Å². The van der Waals surface area contributed by atoms with Gasteiger partial charge < -0.3 is 19.4 Å². The van der Waals surface area contributed by atoms with Gasteiger partial charge >= 0.3 is 0 Å². The summed E-state index contributed by atoms with van der Waals surface area (Å²) in [6.07, 6.45) is 5.75. The first kappa shape index (κ1) is 16.0. The molecule has 1 N–H and O–H groups in total. The summed E-state index contributed by atoms with van der Waals surface area (Å²) < 4.78 is 13.4. The second kappa shape index (κ2) is 7.15. The highest BCUT2D eigenvalue weighted by Gasteiger charge is 2.33. The lowest BCUT2D eigenvalue weighted by molar-refractivity contribution is 0.0876. The normalized spacial score (nSPS) is 22.2. The Kier molecular flexibility index (Phi) is 4.98. The zero-order valence-electron chi connectivity index (χ0n) is 14.0. The predicted octanol–water partition coefficient (Wildman–Crippen LogP) is 2.48. The number of imidazole rings is 1. The van der Waals surface area contributed by atoms with Gasteiger partial charge in [0.05, 0.1) is 7.11 Å². The molecular weight excluding hydrogens is 290 g/mol. The highest BCUT2D eigenvalue weighted by atomic mass is 16.5. The maximum atomic E-state index is 5.92. The Morgan fingerprint density at radius 3 is 3.00 bits per heavy atom. The lowest BCUT2D eigenvalue weighted by atomic mass is 10.0. The van der Waals surface area contributed by atoms with Crippen molar-refractivity contribution in [2.75, 3.05) is 13.7 Å². The van der Waals surface area contributed by atoms with E-state index < -0.39 is 0 Å². The molecule has 0 spiro atoms. The van der Waals surface area contributed by atoms with Crippen LogP contribution >= 0.6 is 0 Å². The number of para-hydroxylation sites is 1. The van der Waals surface area contributed by atoms with E-state index in [9.17, 15) is 0 Å². The van der Waals surface area contributed by atoms with Crippen molar-refractivity contribution in [3.05, 3.63) is 48.0 Å². The highest BCUT2D eigenvalue weighted by molar-refractivity contribution is 5.33. The van der Waals surface area contributed by atoms with E-state index in [4.69, 9.17) is 9.47 Å². The van der Waals surface area contributed by atoms with Crippen LogP contribution in [0.1, 0.15) is 30.8 Å². The van der Waals surface area contributed by atoms with Gasteiger partial charge in [0.25, 0.3) is 0 Å². The number of aromatic nitrogens is 2. The molecule has 0 aliphatic carbocycles. The van der Waals surface area contributed by atoms with Gasteiger partial charge in [-0.25, -0.2) is 4.98 Å². The third kappa shape index (κ3) is 3.57. The van der Waals surface area contributed by atoms with E-state index in [-0.39, 0.29) is 6.10 Å². The smallest absolute Gasteiger partial charge is 0.139 e. The van der Waals surface area contributed by atoms with Crippen LogP contribution in [0.15, 0.2) is 36.7 Å². The van der Waals surface area contributed by atoms with Gasteiger partial charge in [0.15, 0.2) is 0 Å². The molecule has 1 aromatic heterocycles. The standard InChI is InChI=1S/C18H25N3O2/c1-13(12-14-6-4-5-7-16(14)22-3)20-15-8-11-23-17(15)18-19-9-10-21(18)2/h4-7,9-10,13,15,17,20H,8,11-12H2,1-3H3/t13?,15-,17-/m0/s1. The van der Waals surface area contributed by atoms with Crippen LogP contribution in [-0.4, -0.2) is 35.4 Å². The summed E-state index contributed by atoms with van der Waals surface area (Å²) in [4.78, 5) is 4.44. The Bertz CT molecular complexity index is 641. The van der Waals surface area contributed by atoms with E-state index in [1.807, 2.05) is 36.1 Å². The molecule has 1 saturated heterocycles. The van der Waals surface area contributed by atoms with Crippen molar-refractivity contribution >= 4 is 0 Å². The zero-order chi connectivity index (χ0) is 16.2. The number of nitrogens with zero attached hydrogens (tertiary/aromatic N) is 2. The summed E-state index contributed by atoms with van der Waals surface area (Å²) in [5.41, 5.74) is 1.22. The van der Waals surface area contributed by atoms with Gasteiger partial charge in [-0.1, -0.05) is 18.2 Å². The van der Waals surface area contributed by atoms with Crippen molar-refractivity contribution in [2.24, 2.45) is 7.05 Å². The Morgan fingerprint density at radius 1 is 1.43 bits per heavy atom. The molecule has 0 saturated carbocycles. The second-order valence-corrected chi connectivity index (χ2v) is 6.17. The van der Waals surface area contributed by atoms with Gasteiger partial charge in [-0.15, -0.1) is 0 Å². The van der Waals surface area contributed by atoms with E-state index in [2.05, 4.69) is 29.4 Å². The van der Waals surface area contributed by atoms with Crippen LogP contribution in [0.4, 0.5) is 0 Å². The Morgan fingerprint density at radius 2 is 2.26 bits per heavy atom. The van der Waals surface area contributed by atoms with Crippen molar-refractivity contribution in [2.45, 2.75) is 38.0 Å². The van der Waals surface area contributed by atoms with Gasteiger partial charge in [-0.05, 0) is 31.4 Å². The quantitative estimate of drug-likeness (QED) is 0.890. The number of methoxy groups -OCH3 is 1. The SMILES string of the molecule is COc1ccccc1CC(C)N[C@H]1CCO[C@@H]1c1nccn1C. The first-order valence-corrected chi connectivity index (χ1v) is 8.16. The van der Waals surface area contributed by atoms with Crippen LogP contribution < -0.4 is 10.1 Å². The fraction of sp³-hybridized carbons (Fsp3) is 0.500. The van der Waals surface area contributed by atoms with Crippen molar-refractivity contribution in [1.29, 1.82) is 0 Å². The number of ether oxygens (including phenoxy) is 2. The summed E-state index contributed by atoms with van der Waals surface area (Å²) in [5, 5.41) is 3.71. The summed E-state index contributed by atoms with van der Waals surface area (Å²) >= 11 is 0. The maximum Gasteiger partial charge on any atom is 0.139 e. The third-order valence-electron chi connectivity index (χ3n) is 4.42. The zero-order valence-corrected chi connectivity index (χ0v) is 14.0. The van der Waals surface area contributed by atoms with Gasteiger partial charge in [0.1, 0.15) is 17.7 Å². The third-order valence-corrected chi connectivity index (χ3v) is 4.42. The minimum absolute atomic E-state index is 0.0233. The fourth-order valence-corrected chi connectivity index (χ4v) is 3.29. The van der Waals surface area contributed by atoms with Gasteiger partial charge in [0, 0.05) is 38.1 Å². The van der Waals surface area contributed by atoms with Crippen LogP contribution in [0.3, 0.4) is 0 Å². The molecule has 124 valence electrons. The molecule has 1 unspecified atom stereocenters. The fourth-order valence-electron chi connectivity index (χ4n) is 3.29. The number of rotatable bonds is 6. The van der Waals surface area contributed by atoms with Crippen molar-refractivity contribution in [3.8, 4) is 5.75 Å². The molecule has 1 aromatic carbocycles. The number of hydrogen-bond donors (Lipinski definition) is 1. The highest BCUT2D eigenvalue weighted by Crippen LogP contribution is 2.28. The summed E-state index contributed by atoms with van der Waals surface area (Å²) in [6, 6.07) is 8.82. The number of benzene rings is 1. The van der Waals surface area contributed by atoms with Gasteiger partial charge in [-0.2, -0.15) is 0 Å². The van der Waals surface area contributed by atoms with Gasteiger partial charge in [0.2, 0.25) is 0 Å². The van der Waals surface area contributed by atoms with Crippen molar-refractivity contribution < 1.29 is 9.47 Å². The Hall–Kier alpha value is -1.85. The van der Waals surface area contributed by atoms with Crippen molar-refractivity contribution in [3.63, 3.8) is 0 Å². The Balaban J connectivity index is 1.65. The molecular formula is C18H25N3O2. The summed E-state index contributed by atoms with van der Waals surface area (Å²) in [7, 11) is 3.73. The van der Waals surface area contributed by atoms with E-state index >= 15 is 0 Å². The first-order valence-electron chi connectivity index (χ1n) is 8.16. The average molecular weight is 315 g/mol. The molecule has 2 heterocycles. The molecule has 5 heteroatoms. The number of nitrogens with one attached hydrogen (secondary N) is 1. The lowest BCUT2D eigenvalue weighted by Crippen LogP contribution is -2.40. The number of aryl methyl sites for hydroxylation is 1. The number of hydrogen-bond acceptors (Lipinski definition) is 4. The molecule has 23 heavy (non-hydrogen) atoms. The average Bonchev–Trinajstić information content (AvgIpc) is 3.16. The largest absolute Gasteiger partial charge is 0.496 e.